The average molecular weight is 657 g/mol. The fraction of sp³-hybridized carbons (Fsp3) is 0.688. The first-order valence-corrected chi connectivity index (χ1v) is 14.6. The van der Waals surface area contributed by atoms with Crippen molar-refractivity contribution in [1.82, 2.24) is 0 Å². The van der Waals surface area contributed by atoms with E-state index in [9.17, 15) is 0 Å². The van der Waals surface area contributed by atoms with Crippen LogP contribution in [0.1, 0.15) is 34.6 Å². The molecule has 0 N–H and O–H groups in total. The van der Waals surface area contributed by atoms with Gasteiger partial charge >= 0.3 is 51.4 Å². The molecule has 32 heavy (non-hydrogen) atoms. The SMILES string of the molecule is CCOC(=S)SC(SC(=S)OCC)(SC(=S)OCC)SC(=S)OCC.CCOC(=S)[S-].[K+]. The van der Waals surface area contributed by atoms with Gasteiger partial charge in [0.15, 0.2) is 2.74 Å². The van der Waals surface area contributed by atoms with Gasteiger partial charge in [0.1, 0.15) is 0 Å². The van der Waals surface area contributed by atoms with Gasteiger partial charge in [-0.3, -0.25) is 0 Å². The Balaban J connectivity index is -0.00000105. The normalized spacial score (nSPS) is 9.78. The molecule has 5 nitrogen and oxygen atoms in total. The first kappa shape index (κ1) is 39.2. The largest absolute Gasteiger partial charge is 1.00 e. The molecule has 0 atom stereocenters. The molecule has 0 aromatic heterocycles. The minimum Gasteiger partial charge on any atom is -0.514 e. The zero-order valence-corrected chi connectivity index (χ0v) is 29.9. The Bertz CT molecular complexity index is 508. The van der Waals surface area contributed by atoms with Gasteiger partial charge in [-0.25, -0.2) is 0 Å². The number of thioether (sulfide) groups is 4. The van der Waals surface area contributed by atoms with Gasteiger partial charge in [0.25, 0.3) is 0 Å². The van der Waals surface area contributed by atoms with E-state index in [1.165, 1.54) is 47.0 Å². The van der Waals surface area contributed by atoms with Crippen molar-refractivity contribution in [2.75, 3.05) is 33.0 Å². The number of hydrogen-bond acceptors (Lipinski definition) is 15. The molecule has 0 aromatic carbocycles. The number of ether oxygens (including phenoxy) is 5. The van der Waals surface area contributed by atoms with Crippen LogP contribution in [0.15, 0.2) is 0 Å². The van der Waals surface area contributed by atoms with Crippen LogP contribution < -0.4 is 51.4 Å². The second-order valence-corrected chi connectivity index (χ2v) is 14.1. The smallest absolute Gasteiger partial charge is 0.514 e. The molecule has 0 rings (SSSR count). The molecule has 0 fully saturated rings. The zero-order chi connectivity index (χ0) is 24.3. The Kier molecular flexibility index (Phi) is 31.1. The molecule has 0 spiro atoms. The molecule has 0 saturated carbocycles. The molecule has 0 aliphatic carbocycles. The van der Waals surface area contributed by atoms with Crippen molar-refractivity contribution < 1.29 is 75.1 Å². The van der Waals surface area contributed by atoms with Gasteiger partial charge in [0, 0.05) is 4.38 Å². The van der Waals surface area contributed by atoms with Crippen LogP contribution in [-0.4, -0.2) is 57.7 Å². The third-order valence-electron chi connectivity index (χ3n) is 2.14. The minimum absolute atomic E-state index is 0. The minimum atomic E-state index is -0.809. The Morgan fingerprint density at radius 2 is 0.781 bits per heavy atom. The monoisotopic (exact) mass is 656 g/mol. The van der Waals surface area contributed by atoms with E-state index in [0.717, 1.165) is 0 Å². The van der Waals surface area contributed by atoms with Gasteiger partial charge in [-0.05, 0) is 131 Å². The Morgan fingerprint density at radius 1 is 0.562 bits per heavy atom. The second-order valence-electron chi connectivity index (χ2n) is 4.32. The fourth-order valence-corrected chi connectivity index (χ4v) is 10.6. The van der Waals surface area contributed by atoms with Gasteiger partial charge in [-0.1, -0.05) is 0 Å². The second kappa shape index (κ2) is 25.4. The molecule has 0 unspecified atom stereocenters. The molecule has 0 bridgehead atoms. The Labute approximate surface area is 283 Å². The zero-order valence-electron chi connectivity index (χ0n) is 18.7. The summed E-state index contributed by atoms with van der Waals surface area (Å²) in [4.78, 5) is 0. The van der Waals surface area contributed by atoms with Crippen molar-refractivity contribution in [2.45, 2.75) is 37.4 Å². The number of hydrogen-bond donors (Lipinski definition) is 0. The van der Waals surface area contributed by atoms with Crippen molar-refractivity contribution in [1.29, 1.82) is 0 Å². The molecular formula is C16H25KO5S10. The van der Waals surface area contributed by atoms with E-state index < -0.39 is 2.74 Å². The van der Waals surface area contributed by atoms with Crippen molar-refractivity contribution in [3.05, 3.63) is 0 Å². The maximum absolute atomic E-state index is 5.42. The molecule has 180 valence electrons. The molecule has 0 aliphatic heterocycles. The van der Waals surface area contributed by atoms with Crippen LogP contribution in [0.25, 0.3) is 0 Å². The maximum Gasteiger partial charge on any atom is 1.00 e. The summed E-state index contributed by atoms with van der Waals surface area (Å²) in [5.41, 5.74) is 0. The fourth-order valence-electron chi connectivity index (χ4n) is 1.24. The molecule has 16 heteroatoms. The summed E-state index contributed by atoms with van der Waals surface area (Å²) in [5.74, 6) is 0. The summed E-state index contributed by atoms with van der Waals surface area (Å²) < 4.78 is 27.1. The molecular weight excluding hydrogens is 632 g/mol. The van der Waals surface area contributed by atoms with Crippen molar-refractivity contribution in [2.24, 2.45) is 0 Å². The molecule has 0 amide bonds. The molecule has 0 radical (unpaired) electrons. The van der Waals surface area contributed by atoms with E-state index in [1.54, 1.807) is 0 Å². The standard InChI is InChI=1S/C13H20O4S8.C3H6OS2.K/c1-5-14-9(18)22-13(23-10(19)15-6-2,24-11(20)16-7-3)25-12(21)17-8-4;1-2-4-3(5)6;/h5-8H2,1-4H3;2H2,1H3,(H,5,6);/q;;+1/p-1. The van der Waals surface area contributed by atoms with Gasteiger partial charge in [0.05, 0.1) is 33.0 Å². The quantitative estimate of drug-likeness (QED) is 0.157. The van der Waals surface area contributed by atoms with Crippen LogP contribution in [-0.2, 0) is 36.3 Å². The summed E-state index contributed by atoms with van der Waals surface area (Å²) in [5, 5.41) is 0. The molecule has 0 saturated heterocycles. The van der Waals surface area contributed by atoms with Gasteiger partial charge < -0.3 is 48.5 Å². The Morgan fingerprint density at radius 3 is 0.906 bits per heavy atom. The van der Waals surface area contributed by atoms with Crippen LogP contribution in [0.2, 0.25) is 0 Å². The van der Waals surface area contributed by atoms with Crippen molar-refractivity contribution >= 4 is 143 Å². The van der Waals surface area contributed by atoms with E-state index in [2.05, 4.69) is 29.6 Å². The number of thiocarbonyl (C=S) groups is 5. The third kappa shape index (κ3) is 23.1. The topological polar surface area (TPSA) is 46.2 Å². The first-order chi connectivity index (χ1) is 14.6. The summed E-state index contributed by atoms with van der Waals surface area (Å²) in [6.07, 6.45) is 0. The summed E-state index contributed by atoms with van der Waals surface area (Å²) in [6, 6.07) is 0. The van der Waals surface area contributed by atoms with E-state index in [1.807, 2.05) is 34.6 Å². The molecule has 0 heterocycles. The first-order valence-electron chi connectivity index (χ1n) is 8.86. The predicted molar refractivity (Wildman–Crippen MR) is 162 cm³/mol. The van der Waals surface area contributed by atoms with Gasteiger partial charge in [-0.15, -0.1) is 0 Å². The summed E-state index contributed by atoms with van der Waals surface area (Å²) in [6.45, 7) is 11.7. The van der Waals surface area contributed by atoms with Crippen molar-refractivity contribution in [3.63, 3.8) is 0 Å². The average Bonchev–Trinajstić information content (AvgIpc) is 2.62. The Hall–Kier alpha value is 2.71. The number of rotatable bonds is 9. The van der Waals surface area contributed by atoms with Crippen LogP contribution >= 0.6 is 108 Å². The maximum atomic E-state index is 5.42. The van der Waals surface area contributed by atoms with Gasteiger partial charge in [-0.2, -0.15) is 0 Å². The summed E-state index contributed by atoms with van der Waals surface area (Å²) >= 11 is 35.1. The van der Waals surface area contributed by atoms with Crippen LogP contribution in [0.5, 0.6) is 0 Å². The molecule has 0 aromatic rings. The van der Waals surface area contributed by atoms with Crippen molar-refractivity contribution in [3.8, 4) is 0 Å². The van der Waals surface area contributed by atoms with Crippen LogP contribution in [0, 0.1) is 0 Å². The third-order valence-corrected chi connectivity index (χ3v) is 8.99. The molecule has 0 aliphatic rings. The van der Waals surface area contributed by atoms with E-state index >= 15 is 0 Å². The predicted octanol–water partition coefficient (Wildman–Crippen LogP) is 3.67. The van der Waals surface area contributed by atoms with Crippen LogP contribution in [0.3, 0.4) is 0 Å². The van der Waals surface area contributed by atoms with E-state index in [-0.39, 0.29) is 55.8 Å². The van der Waals surface area contributed by atoms with Crippen LogP contribution in [0.4, 0.5) is 0 Å². The van der Waals surface area contributed by atoms with E-state index in [4.69, 9.17) is 67.8 Å². The van der Waals surface area contributed by atoms with E-state index in [0.29, 0.717) is 50.6 Å². The van der Waals surface area contributed by atoms with Gasteiger partial charge in [0.2, 0.25) is 17.5 Å². The summed E-state index contributed by atoms with van der Waals surface area (Å²) in [7, 11) is 0.